The standard InChI is InChI=1S/C23H28N8O4/c1-3-35-22(32)15-5-4-6-16-18(15)27-17(26-16)13-24-20-19-21(31(14-25-19)7-10-33-2)29-23(28-20)30-8-11-34-12-9-30/h4-6,14H,3,7-13H2,1-2H3,(H,26,27)(H,24,28,29). The van der Waals surface area contributed by atoms with E-state index in [0.29, 0.717) is 73.7 Å². The molecule has 3 aromatic heterocycles. The van der Waals surface area contributed by atoms with Crippen LogP contribution in [0.3, 0.4) is 0 Å². The number of benzene rings is 1. The Morgan fingerprint density at radius 3 is 2.86 bits per heavy atom. The average molecular weight is 481 g/mol. The maximum atomic E-state index is 12.3. The molecule has 0 aliphatic carbocycles. The van der Waals surface area contributed by atoms with E-state index in [-0.39, 0.29) is 0 Å². The maximum Gasteiger partial charge on any atom is 0.340 e. The van der Waals surface area contributed by atoms with E-state index in [9.17, 15) is 4.79 Å². The number of aromatic nitrogens is 6. The van der Waals surface area contributed by atoms with Crippen LogP contribution in [0, 0.1) is 0 Å². The topological polar surface area (TPSA) is 132 Å². The lowest BCUT2D eigenvalue weighted by atomic mass is 10.2. The molecule has 12 heteroatoms. The van der Waals surface area contributed by atoms with Crippen LogP contribution in [0.5, 0.6) is 0 Å². The predicted octanol–water partition coefficient (Wildman–Crippen LogP) is 1.97. The highest BCUT2D eigenvalue weighted by molar-refractivity contribution is 6.02. The van der Waals surface area contributed by atoms with E-state index in [0.717, 1.165) is 24.3 Å². The molecule has 1 fully saturated rings. The van der Waals surface area contributed by atoms with Crippen molar-refractivity contribution in [1.82, 2.24) is 29.5 Å². The van der Waals surface area contributed by atoms with Gasteiger partial charge in [0.2, 0.25) is 5.95 Å². The number of aromatic amines is 1. The van der Waals surface area contributed by atoms with Crippen LogP contribution >= 0.6 is 0 Å². The van der Waals surface area contributed by atoms with Crippen molar-refractivity contribution in [2.75, 3.05) is 56.8 Å². The number of nitrogens with one attached hydrogen (secondary N) is 2. The van der Waals surface area contributed by atoms with Gasteiger partial charge in [-0.3, -0.25) is 0 Å². The van der Waals surface area contributed by atoms with E-state index in [1.54, 1.807) is 32.5 Å². The molecule has 1 aromatic carbocycles. The molecule has 0 amide bonds. The second kappa shape index (κ2) is 10.2. The van der Waals surface area contributed by atoms with Crippen LogP contribution in [0.1, 0.15) is 23.1 Å². The Labute approximate surface area is 201 Å². The van der Waals surface area contributed by atoms with E-state index in [2.05, 4.69) is 25.2 Å². The number of methoxy groups -OCH3 is 1. The lowest BCUT2D eigenvalue weighted by Gasteiger charge is -2.27. The minimum Gasteiger partial charge on any atom is -0.462 e. The van der Waals surface area contributed by atoms with Gasteiger partial charge in [-0.15, -0.1) is 0 Å². The number of anilines is 2. The molecule has 1 aliphatic rings. The molecule has 4 aromatic rings. The molecule has 1 aliphatic heterocycles. The van der Waals surface area contributed by atoms with Gasteiger partial charge in [-0.1, -0.05) is 6.07 Å². The molecule has 0 spiro atoms. The molecule has 0 unspecified atom stereocenters. The number of rotatable bonds is 9. The Hall–Kier alpha value is -3.77. The number of fused-ring (bicyclic) bond motifs is 2. The number of imidazole rings is 2. The Bertz CT molecular complexity index is 1330. The molecule has 184 valence electrons. The number of nitrogens with zero attached hydrogens (tertiary/aromatic N) is 6. The molecule has 2 N–H and O–H groups in total. The van der Waals surface area contributed by atoms with E-state index in [1.165, 1.54) is 0 Å². The van der Waals surface area contributed by atoms with E-state index >= 15 is 0 Å². The number of para-hydroxylation sites is 1. The number of hydrogen-bond donors (Lipinski definition) is 2. The molecular formula is C23H28N8O4. The normalized spacial score (nSPS) is 14.1. The van der Waals surface area contributed by atoms with Gasteiger partial charge in [0.1, 0.15) is 11.3 Å². The second-order valence-corrected chi connectivity index (χ2v) is 8.03. The minimum absolute atomic E-state index is 0.306. The third kappa shape index (κ3) is 4.75. The quantitative estimate of drug-likeness (QED) is 0.343. The van der Waals surface area contributed by atoms with Crippen molar-refractivity contribution in [2.24, 2.45) is 0 Å². The lowest BCUT2D eigenvalue weighted by Crippen LogP contribution is -2.37. The molecule has 0 atom stereocenters. The molecule has 35 heavy (non-hydrogen) atoms. The zero-order chi connectivity index (χ0) is 24.2. The minimum atomic E-state index is -0.390. The summed E-state index contributed by atoms with van der Waals surface area (Å²) >= 11 is 0. The molecule has 1 saturated heterocycles. The molecule has 12 nitrogen and oxygen atoms in total. The third-order valence-corrected chi connectivity index (χ3v) is 5.76. The summed E-state index contributed by atoms with van der Waals surface area (Å²) in [7, 11) is 1.67. The van der Waals surface area contributed by atoms with Gasteiger partial charge in [-0.25, -0.2) is 14.8 Å². The molecule has 0 radical (unpaired) electrons. The Morgan fingerprint density at radius 1 is 1.20 bits per heavy atom. The van der Waals surface area contributed by atoms with Gasteiger partial charge < -0.3 is 34.0 Å². The average Bonchev–Trinajstić information content (AvgIpc) is 3.50. The highest BCUT2D eigenvalue weighted by atomic mass is 16.5. The fourth-order valence-corrected chi connectivity index (χ4v) is 4.02. The van der Waals surface area contributed by atoms with Crippen LogP contribution < -0.4 is 10.2 Å². The van der Waals surface area contributed by atoms with Crippen molar-refractivity contribution in [3.05, 3.63) is 35.9 Å². The first-order valence-electron chi connectivity index (χ1n) is 11.6. The molecule has 4 heterocycles. The summed E-state index contributed by atoms with van der Waals surface area (Å²) in [4.78, 5) is 36.5. The smallest absolute Gasteiger partial charge is 0.340 e. The summed E-state index contributed by atoms with van der Waals surface area (Å²) in [6.07, 6.45) is 1.75. The largest absolute Gasteiger partial charge is 0.462 e. The van der Waals surface area contributed by atoms with Crippen LogP contribution in [0.2, 0.25) is 0 Å². The maximum absolute atomic E-state index is 12.3. The van der Waals surface area contributed by atoms with Crippen LogP contribution in [-0.2, 0) is 27.3 Å². The second-order valence-electron chi connectivity index (χ2n) is 8.03. The summed E-state index contributed by atoms with van der Waals surface area (Å²) in [6, 6.07) is 5.40. The van der Waals surface area contributed by atoms with Crippen LogP contribution in [0.15, 0.2) is 24.5 Å². The predicted molar refractivity (Wildman–Crippen MR) is 130 cm³/mol. The molecule has 0 bridgehead atoms. The van der Waals surface area contributed by atoms with Gasteiger partial charge in [-0.2, -0.15) is 9.97 Å². The number of hydrogen-bond acceptors (Lipinski definition) is 10. The number of morpholine rings is 1. The highest BCUT2D eigenvalue weighted by Gasteiger charge is 2.20. The van der Waals surface area contributed by atoms with Crippen LogP contribution in [0.25, 0.3) is 22.2 Å². The number of esters is 1. The Morgan fingerprint density at radius 2 is 2.06 bits per heavy atom. The summed E-state index contributed by atoms with van der Waals surface area (Å²) < 4.78 is 17.8. The van der Waals surface area contributed by atoms with Gasteiger partial charge in [0, 0.05) is 26.7 Å². The van der Waals surface area contributed by atoms with Gasteiger partial charge >= 0.3 is 5.97 Å². The SMILES string of the molecule is CCOC(=O)c1cccc2[nH]c(CNc3nc(N4CCOCC4)nc4c3ncn4CCOC)nc12. The van der Waals surface area contributed by atoms with Gasteiger partial charge in [0.15, 0.2) is 17.0 Å². The van der Waals surface area contributed by atoms with E-state index in [1.807, 2.05) is 10.6 Å². The lowest BCUT2D eigenvalue weighted by molar-refractivity contribution is 0.0528. The summed E-state index contributed by atoms with van der Waals surface area (Å²) in [6.45, 7) is 6.33. The summed E-state index contributed by atoms with van der Waals surface area (Å²) in [5.41, 5.74) is 3.17. The van der Waals surface area contributed by atoms with Gasteiger partial charge in [-0.05, 0) is 19.1 Å². The van der Waals surface area contributed by atoms with Crippen molar-refractivity contribution in [1.29, 1.82) is 0 Å². The van der Waals surface area contributed by atoms with Gasteiger partial charge in [0.25, 0.3) is 0 Å². The van der Waals surface area contributed by atoms with Crippen molar-refractivity contribution in [2.45, 2.75) is 20.0 Å². The number of carbonyl (C=O) groups is 1. The first kappa shape index (κ1) is 23.0. The monoisotopic (exact) mass is 480 g/mol. The van der Waals surface area contributed by atoms with Crippen molar-refractivity contribution in [3.63, 3.8) is 0 Å². The van der Waals surface area contributed by atoms with E-state index in [4.69, 9.17) is 24.2 Å². The fraction of sp³-hybridized carbons (Fsp3) is 0.435. The zero-order valence-electron chi connectivity index (χ0n) is 19.8. The third-order valence-electron chi connectivity index (χ3n) is 5.76. The number of H-pyrrole nitrogens is 1. The Balaban J connectivity index is 1.45. The van der Waals surface area contributed by atoms with Gasteiger partial charge in [0.05, 0.1) is 50.4 Å². The van der Waals surface area contributed by atoms with Crippen molar-refractivity contribution >= 4 is 39.9 Å². The zero-order valence-corrected chi connectivity index (χ0v) is 19.8. The molecule has 0 saturated carbocycles. The fourth-order valence-electron chi connectivity index (χ4n) is 4.02. The Kier molecular flexibility index (Phi) is 6.73. The summed E-state index contributed by atoms with van der Waals surface area (Å²) in [5, 5.41) is 3.36. The number of carbonyl (C=O) groups excluding carboxylic acids is 1. The van der Waals surface area contributed by atoms with Crippen LogP contribution in [-0.4, -0.2) is 82.1 Å². The van der Waals surface area contributed by atoms with Crippen molar-refractivity contribution < 1.29 is 19.0 Å². The first-order chi connectivity index (χ1) is 17.2. The van der Waals surface area contributed by atoms with Crippen LogP contribution in [0.4, 0.5) is 11.8 Å². The molecular weight excluding hydrogens is 452 g/mol. The highest BCUT2D eigenvalue weighted by Crippen LogP contribution is 2.24. The number of ether oxygens (including phenoxy) is 3. The van der Waals surface area contributed by atoms with Crippen molar-refractivity contribution in [3.8, 4) is 0 Å². The molecule has 5 rings (SSSR count). The van der Waals surface area contributed by atoms with E-state index < -0.39 is 5.97 Å². The first-order valence-corrected chi connectivity index (χ1v) is 11.6. The summed E-state index contributed by atoms with van der Waals surface area (Å²) in [5.74, 6) is 1.50.